The number of aromatic nitrogens is 2. The van der Waals surface area contributed by atoms with Crippen LogP contribution in [-0.4, -0.2) is 68.4 Å². The van der Waals surface area contributed by atoms with E-state index in [-0.39, 0.29) is 25.5 Å². The molecule has 0 fully saturated rings. The standard InChI is InChI=1S/C17H24N4O5/c1-17(2,3)26-16(25)20-6-5-12-11(9-20)13-14(22)19(4)7-10(15(23)24)8-21(13)18-12/h10H,5-9H2,1-4H3,(H,23,24). The molecule has 0 aromatic carbocycles. The summed E-state index contributed by atoms with van der Waals surface area (Å²) in [6.45, 7) is 6.36. The third kappa shape index (κ3) is 3.38. The van der Waals surface area contributed by atoms with E-state index in [9.17, 15) is 19.5 Å². The molecule has 3 rings (SSSR count). The number of carboxylic acids is 1. The van der Waals surface area contributed by atoms with Crippen LogP contribution in [0, 0.1) is 5.92 Å². The minimum absolute atomic E-state index is 0.127. The van der Waals surface area contributed by atoms with Crippen LogP contribution in [0.3, 0.4) is 0 Å². The lowest BCUT2D eigenvalue weighted by Crippen LogP contribution is -2.40. The van der Waals surface area contributed by atoms with Crippen LogP contribution in [0.15, 0.2) is 0 Å². The number of rotatable bonds is 1. The van der Waals surface area contributed by atoms with Crippen molar-refractivity contribution in [2.45, 2.75) is 45.9 Å². The van der Waals surface area contributed by atoms with Crippen molar-refractivity contribution < 1.29 is 24.2 Å². The number of carboxylic acid groups (broad SMARTS) is 1. The highest BCUT2D eigenvalue weighted by Gasteiger charge is 2.37. The zero-order valence-electron chi connectivity index (χ0n) is 15.5. The van der Waals surface area contributed by atoms with E-state index in [4.69, 9.17) is 4.74 Å². The summed E-state index contributed by atoms with van der Waals surface area (Å²) >= 11 is 0. The summed E-state index contributed by atoms with van der Waals surface area (Å²) in [5.41, 5.74) is 1.20. The van der Waals surface area contributed by atoms with Gasteiger partial charge in [0.25, 0.3) is 5.91 Å². The fourth-order valence-corrected chi connectivity index (χ4v) is 3.30. The van der Waals surface area contributed by atoms with E-state index in [1.54, 1.807) is 32.7 Å². The van der Waals surface area contributed by atoms with Crippen molar-refractivity contribution in [1.82, 2.24) is 19.6 Å². The first kappa shape index (κ1) is 18.2. The number of aliphatic carboxylic acids is 1. The second kappa shape index (κ2) is 6.30. The predicted molar refractivity (Wildman–Crippen MR) is 90.7 cm³/mol. The maximum atomic E-state index is 12.8. The van der Waals surface area contributed by atoms with Gasteiger partial charge in [-0.2, -0.15) is 5.10 Å². The summed E-state index contributed by atoms with van der Waals surface area (Å²) in [7, 11) is 1.59. The largest absolute Gasteiger partial charge is 0.481 e. The molecule has 0 saturated carbocycles. The van der Waals surface area contributed by atoms with Crippen molar-refractivity contribution in [2.24, 2.45) is 5.92 Å². The molecular weight excluding hydrogens is 340 g/mol. The van der Waals surface area contributed by atoms with Crippen LogP contribution < -0.4 is 0 Å². The number of fused-ring (bicyclic) bond motifs is 3. The third-order valence-electron chi connectivity index (χ3n) is 4.54. The van der Waals surface area contributed by atoms with Gasteiger partial charge in [0, 0.05) is 32.1 Å². The molecule has 3 heterocycles. The van der Waals surface area contributed by atoms with Gasteiger partial charge in [0.2, 0.25) is 0 Å². The van der Waals surface area contributed by atoms with Gasteiger partial charge in [0.15, 0.2) is 0 Å². The Kier molecular flexibility index (Phi) is 4.41. The van der Waals surface area contributed by atoms with Crippen LogP contribution in [0.4, 0.5) is 4.79 Å². The summed E-state index contributed by atoms with van der Waals surface area (Å²) in [6, 6.07) is 0. The molecule has 2 aliphatic rings. The van der Waals surface area contributed by atoms with Gasteiger partial charge in [-0.05, 0) is 20.8 Å². The smallest absolute Gasteiger partial charge is 0.410 e. The molecule has 1 N–H and O–H groups in total. The average molecular weight is 364 g/mol. The normalized spacial score (nSPS) is 20.3. The van der Waals surface area contributed by atoms with E-state index >= 15 is 0 Å². The van der Waals surface area contributed by atoms with Gasteiger partial charge >= 0.3 is 12.1 Å². The minimum atomic E-state index is -0.957. The first-order valence-electron chi connectivity index (χ1n) is 8.61. The molecule has 1 atom stereocenters. The van der Waals surface area contributed by atoms with Crippen LogP contribution in [0.2, 0.25) is 0 Å². The molecule has 2 amide bonds. The van der Waals surface area contributed by atoms with Gasteiger partial charge in [-0.3, -0.25) is 14.3 Å². The molecule has 0 radical (unpaired) electrons. The lowest BCUT2D eigenvalue weighted by molar-refractivity contribution is -0.142. The van der Waals surface area contributed by atoms with Gasteiger partial charge in [-0.1, -0.05) is 0 Å². The highest BCUT2D eigenvalue weighted by atomic mass is 16.6. The van der Waals surface area contributed by atoms with E-state index in [0.29, 0.717) is 24.2 Å². The van der Waals surface area contributed by atoms with Gasteiger partial charge in [0.05, 0.1) is 24.7 Å². The number of amides is 2. The van der Waals surface area contributed by atoms with Gasteiger partial charge < -0.3 is 19.6 Å². The van der Waals surface area contributed by atoms with Crippen LogP contribution in [0.25, 0.3) is 0 Å². The second-order valence-electron chi connectivity index (χ2n) is 7.83. The second-order valence-corrected chi connectivity index (χ2v) is 7.83. The summed E-state index contributed by atoms with van der Waals surface area (Å²) in [5, 5.41) is 13.8. The number of carbonyl (C=O) groups excluding carboxylic acids is 2. The SMILES string of the molecule is CN1CC(C(=O)O)Cn2nc3c(c2C1=O)CN(C(=O)OC(C)(C)C)CC3. The van der Waals surface area contributed by atoms with Crippen molar-refractivity contribution in [1.29, 1.82) is 0 Å². The monoisotopic (exact) mass is 364 g/mol. The summed E-state index contributed by atoms with van der Waals surface area (Å²) in [4.78, 5) is 39.6. The molecule has 0 spiro atoms. The molecule has 2 aliphatic heterocycles. The topological polar surface area (TPSA) is 105 Å². The number of nitrogens with zero attached hydrogens (tertiary/aromatic N) is 4. The molecule has 142 valence electrons. The van der Waals surface area contributed by atoms with Crippen LogP contribution in [0.1, 0.15) is 42.5 Å². The van der Waals surface area contributed by atoms with E-state index in [0.717, 1.165) is 5.69 Å². The summed E-state index contributed by atoms with van der Waals surface area (Å²) in [5.74, 6) is -1.94. The fourth-order valence-electron chi connectivity index (χ4n) is 3.30. The van der Waals surface area contributed by atoms with Crippen LogP contribution in [0.5, 0.6) is 0 Å². The Bertz CT molecular complexity index is 764. The molecule has 1 unspecified atom stereocenters. The molecule has 26 heavy (non-hydrogen) atoms. The van der Waals surface area contributed by atoms with Crippen LogP contribution in [-0.2, 0) is 29.0 Å². The zero-order valence-corrected chi connectivity index (χ0v) is 15.5. The maximum absolute atomic E-state index is 12.8. The molecule has 1 aromatic heterocycles. The van der Waals surface area contributed by atoms with E-state index in [1.165, 1.54) is 9.58 Å². The van der Waals surface area contributed by atoms with Gasteiger partial charge in [0.1, 0.15) is 11.3 Å². The molecular formula is C17H24N4O5. The molecule has 1 aromatic rings. The van der Waals surface area contributed by atoms with Gasteiger partial charge in [-0.15, -0.1) is 0 Å². The van der Waals surface area contributed by atoms with Crippen LogP contribution >= 0.6 is 0 Å². The Hall–Kier alpha value is -2.58. The highest BCUT2D eigenvalue weighted by molar-refractivity contribution is 5.95. The Morgan fingerprint density at radius 3 is 2.58 bits per heavy atom. The van der Waals surface area contributed by atoms with Crippen molar-refractivity contribution in [3.8, 4) is 0 Å². The molecule has 0 saturated heterocycles. The number of ether oxygens (including phenoxy) is 1. The number of hydrogen-bond acceptors (Lipinski definition) is 5. The lowest BCUT2D eigenvalue weighted by Gasteiger charge is -2.30. The Balaban J connectivity index is 1.91. The molecule has 9 heteroatoms. The zero-order chi connectivity index (χ0) is 19.2. The van der Waals surface area contributed by atoms with Crippen molar-refractivity contribution >= 4 is 18.0 Å². The molecule has 0 bridgehead atoms. The first-order chi connectivity index (χ1) is 12.1. The first-order valence-corrected chi connectivity index (χ1v) is 8.61. The fraction of sp³-hybridized carbons (Fsp3) is 0.647. The Morgan fingerprint density at radius 1 is 1.27 bits per heavy atom. The van der Waals surface area contributed by atoms with Crippen molar-refractivity contribution in [3.63, 3.8) is 0 Å². The highest BCUT2D eigenvalue weighted by Crippen LogP contribution is 2.27. The maximum Gasteiger partial charge on any atom is 0.410 e. The average Bonchev–Trinajstić information content (AvgIpc) is 2.82. The molecule has 9 nitrogen and oxygen atoms in total. The van der Waals surface area contributed by atoms with E-state index in [1.807, 2.05) is 0 Å². The Morgan fingerprint density at radius 2 is 1.96 bits per heavy atom. The van der Waals surface area contributed by atoms with Crippen molar-refractivity contribution in [3.05, 3.63) is 17.0 Å². The van der Waals surface area contributed by atoms with Crippen molar-refractivity contribution in [2.75, 3.05) is 20.1 Å². The quantitative estimate of drug-likeness (QED) is 0.796. The van der Waals surface area contributed by atoms with Gasteiger partial charge in [-0.25, -0.2) is 4.79 Å². The summed E-state index contributed by atoms with van der Waals surface area (Å²) < 4.78 is 6.91. The summed E-state index contributed by atoms with van der Waals surface area (Å²) in [6.07, 6.45) is 0.0736. The molecule has 0 aliphatic carbocycles. The lowest BCUT2D eigenvalue weighted by atomic mass is 10.1. The third-order valence-corrected chi connectivity index (χ3v) is 4.54. The Labute approximate surface area is 151 Å². The van der Waals surface area contributed by atoms with E-state index in [2.05, 4.69) is 5.10 Å². The number of carbonyl (C=O) groups is 3. The minimum Gasteiger partial charge on any atom is -0.481 e. The number of hydrogen-bond donors (Lipinski definition) is 1. The predicted octanol–water partition coefficient (Wildman–Crippen LogP) is 0.963. The van der Waals surface area contributed by atoms with E-state index < -0.39 is 23.6 Å².